The summed E-state index contributed by atoms with van der Waals surface area (Å²) in [6, 6.07) is 11.6. The lowest BCUT2D eigenvalue weighted by Gasteiger charge is -2.10. The molecular weight excluding hydrogens is 156 g/mol. The van der Waals surface area contributed by atoms with Crippen molar-refractivity contribution in [1.82, 2.24) is 0 Å². The maximum atomic E-state index is 3.30. The predicted molar refractivity (Wildman–Crippen MR) is 57.8 cm³/mol. The second-order valence-corrected chi connectivity index (χ2v) is 3.71. The topological polar surface area (TPSA) is 0 Å². The average Bonchev–Trinajstić information content (AvgIpc) is 2.19. The maximum absolute atomic E-state index is 3.30. The van der Waals surface area contributed by atoms with Crippen LogP contribution in [0.5, 0.6) is 0 Å². The number of hydrogen-bond donors (Lipinski definition) is 0. The molecule has 0 fully saturated rings. The molecule has 0 saturated carbocycles. The van der Waals surface area contributed by atoms with Crippen LogP contribution in [-0.2, 0) is 0 Å². The maximum Gasteiger partial charge on any atom is -0.0146 e. The summed E-state index contributed by atoms with van der Waals surface area (Å²) in [6.45, 7) is 4.54. The molecule has 1 aromatic carbocycles. The minimum atomic E-state index is 0.674. The Morgan fingerprint density at radius 3 is 2.77 bits per heavy atom. The van der Waals surface area contributed by atoms with Gasteiger partial charge in [-0.05, 0) is 24.0 Å². The Kier molecular flexibility index (Phi) is 4.59. The van der Waals surface area contributed by atoms with Crippen LogP contribution in [0.25, 0.3) is 0 Å². The Bertz CT molecular complexity index is 213. The lowest BCUT2D eigenvalue weighted by molar-refractivity contribution is 0.597. The van der Waals surface area contributed by atoms with Crippen LogP contribution < -0.4 is 0 Å². The van der Waals surface area contributed by atoms with Gasteiger partial charge in [-0.25, -0.2) is 0 Å². The van der Waals surface area contributed by atoms with Crippen molar-refractivity contribution in [3.8, 4) is 0 Å². The first-order valence-corrected chi connectivity index (χ1v) is 5.31. The minimum absolute atomic E-state index is 0.674. The van der Waals surface area contributed by atoms with Gasteiger partial charge in [0.15, 0.2) is 0 Å². The predicted octanol–water partition coefficient (Wildman–Crippen LogP) is 4.17. The Labute approximate surface area is 82.0 Å². The Balaban J connectivity index is 2.35. The van der Waals surface area contributed by atoms with E-state index in [1.165, 1.54) is 31.2 Å². The van der Waals surface area contributed by atoms with Gasteiger partial charge in [-0.1, -0.05) is 57.4 Å². The highest BCUT2D eigenvalue weighted by Crippen LogP contribution is 2.20. The van der Waals surface area contributed by atoms with Gasteiger partial charge >= 0.3 is 0 Å². The summed E-state index contributed by atoms with van der Waals surface area (Å²) in [5, 5.41) is 0. The molecule has 1 unspecified atom stereocenters. The van der Waals surface area contributed by atoms with Crippen LogP contribution in [0.2, 0.25) is 0 Å². The molecule has 13 heavy (non-hydrogen) atoms. The van der Waals surface area contributed by atoms with E-state index in [1.54, 1.807) is 0 Å². The van der Waals surface area contributed by atoms with Crippen LogP contribution in [0.4, 0.5) is 0 Å². The molecule has 0 spiro atoms. The lowest BCUT2D eigenvalue weighted by Crippen LogP contribution is -1.93. The van der Waals surface area contributed by atoms with E-state index >= 15 is 0 Å². The molecule has 1 atom stereocenters. The summed E-state index contributed by atoms with van der Waals surface area (Å²) in [5.74, 6) is 0.674. The first kappa shape index (κ1) is 10.3. The Morgan fingerprint density at radius 2 is 2.15 bits per heavy atom. The molecular formula is C13H19. The average molecular weight is 175 g/mol. The zero-order valence-corrected chi connectivity index (χ0v) is 8.72. The minimum Gasteiger partial charge on any atom is -0.0654 e. The first-order valence-electron chi connectivity index (χ1n) is 5.31. The quantitative estimate of drug-likeness (QED) is 0.589. The van der Waals surface area contributed by atoms with E-state index in [0.29, 0.717) is 5.92 Å². The van der Waals surface area contributed by atoms with Crippen LogP contribution in [0.3, 0.4) is 0 Å². The van der Waals surface area contributed by atoms with E-state index in [-0.39, 0.29) is 0 Å². The van der Waals surface area contributed by atoms with Gasteiger partial charge in [0.2, 0.25) is 0 Å². The first-order chi connectivity index (χ1) is 6.34. The zero-order chi connectivity index (χ0) is 9.52. The van der Waals surface area contributed by atoms with Crippen molar-refractivity contribution in [2.24, 2.45) is 0 Å². The Hall–Kier alpha value is -0.780. The molecule has 1 radical (unpaired) electrons. The standard InChI is InChI=1S/C13H19/c1-3-4-6-9-12(2)13-10-7-5-8-11-13/h5,7-8,10,12H,3-4,6,9H2,1-2H3. The van der Waals surface area contributed by atoms with Gasteiger partial charge in [0, 0.05) is 0 Å². The van der Waals surface area contributed by atoms with Crippen molar-refractivity contribution in [1.29, 1.82) is 0 Å². The fourth-order valence-electron chi connectivity index (χ4n) is 1.57. The van der Waals surface area contributed by atoms with E-state index in [1.807, 2.05) is 12.1 Å². The highest BCUT2D eigenvalue weighted by Gasteiger charge is 2.03. The lowest BCUT2D eigenvalue weighted by atomic mass is 9.95. The van der Waals surface area contributed by atoms with E-state index in [0.717, 1.165) is 0 Å². The molecule has 1 aromatic rings. The molecule has 1 rings (SSSR count). The third-order valence-corrected chi connectivity index (χ3v) is 2.50. The van der Waals surface area contributed by atoms with Gasteiger partial charge in [0.05, 0.1) is 0 Å². The largest absolute Gasteiger partial charge is 0.0654 e. The highest BCUT2D eigenvalue weighted by atomic mass is 14.1. The van der Waals surface area contributed by atoms with Crippen molar-refractivity contribution in [2.45, 2.75) is 45.4 Å². The van der Waals surface area contributed by atoms with Crippen LogP contribution >= 0.6 is 0 Å². The van der Waals surface area contributed by atoms with Crippen LogP contribution in [-0.4, -0.2) is 0 Å². The fourth-order valence-corrected chi connectivity index (χ4v) is 1.57. The van der Waals surface area contributed by atoms with Crippen molar-refractivity contribution in [2.75, 3.05) is 0 Å². The van der Waals surface area contributed by atoms with Crippen LogP contribution in [0, 0.1) is 6.07 Å². The summed E-state index contributed by atoms with van der Waals surface area (Å²) >= 11 is 0. The summed E-state index contributed by atoms with van der Waals surface area (Å²) in [7, 11) is 0. The second-order valence-electron chi connectivity index (χ2n) is 3.71. The van der Waals surface area contributed by atoms with Gasteiger partial charge in [-0.15, -0.1) is 0 Å². The van der Waals surface area contributed by atoms with Gasteiger partial charge in [-0.3, -0.25) is 0 Å². The monoisotopic (exact) mass is 175 g/mol. The molecule has 0 heteroatoms. The molecule has 0 saturated heterocycles. The smallest absolute Gasteiger partial charge is 0.0146 e. The summed E-state index contributed by atoms with van der Waals surface area (Å²) in [5.41, 5.74) is 1.36. The molecule has 71 valence electrons. The number of benzene rings is 1. The Morgan fingerprint density at radius 1 is 1.31 bits per heavy atom. The highest BCUT2D eigenvalue weighted by molar-refractivity contribution is 5.16. The fraction of sp³-hybridized carbons (Fsp3) is 0.538. The van der Waals surface area contributed by atoms with Crippen molar-refractivity contribution in [3.63, 3.8) is 0 Å². The molecule has 0 aromatic heterocycles. The van der Waals surface area contributed by atoms with Crippen molar-refractivity contribution >= 4 is 0 Å². The van der Waals surface area contributed by atoms with E-state index < -0.39 is 0 Å². The van der Waals surface area contributed by atoms with Crippen LogP contribution in [0.1, 0.15) is 51.0 Å². The number of unbranched alkanes of at least 4 members (excludes halogenated alkanes) is 2. The van der Waals surface area contributed by atoms with Gasteiger partial charge in [0.25, 0.3) is 0 Å². The molecule has 0 N–H and O–H groups in total. The molecule has 0 aliphatic rings. The van der Waals surface area contributed by atoms with Crippen molar-refractivity contribution in [3.05, 3.63) is 35.9 Å². The third kappa shape index (κ3) is 3.63. The molecule has 0 amide bonds. The molecule has 0 nitrogen and oxygen atoms in total. The van der Waals surface area contributed by atoms with Gasteiger partial charge < -0.3 is 0 Å². The number of rotatable bonds is 5. The van der Waals surface area contributed by atoms with Crippen LogP contribution in [0.15, 0.2) is 24.3 Å². The SMILES string of the molecule is CCCCCC(C)c1[c]cccc1. The van der Waals surface area contributed by atoms with Gasteiger partial charge in [0.1, 0.15) is 0 Å². The van der Waals surface area contributed by atoms with E-state index in [2.05, 4.69) is 32.0 Å². The van der Waals surface area contributed by atoms with Crippen molar-refractivity contribution < 1.29 is 0 Å². The van der Waals surface area contributed by atoms with E-state index in [9.17, 15) is 0 Å². The normalized spacial score (nSPS) is 12.8. The second kappa shape index (κ2) is 5.80. The zero-order valence-electron chi connectivity index (χ0n) is 8.72. The molecule has 0 heterocycles. The molecule has 0 aliphatic carbocycles. The number of hydrogen-bond acceptors (Lipinski definition) is 0. The van der Waals surface area contributed by atoms with E-state index in [4.69, 9.17) is 0 Å². The molecule has 0 bridgehead atoms. The van der Waals surface area contributed by atoms with Gasteiger partial charge in [-0.2, -0.15) is 0 Å². The summed E-state index contributed by atoms with van der Waals surface area (Å²) in [6.07, 6.45) is 5.32. The summed E-state index contributed by atoms with van der Waals surface area (Å²) < 4.78 is 0. The summed E-state index contributed by atoms with van der Waals surface area (Å²) in [4.78, 5) is 0. The third-order valence-electron chi connectivity index (χ3n) is 2.50. The molecule has 0 aliphatic heterocycles.